The molecule has 2 aromatic carbocycles. The molecule has 1 N–H and O–H groups in total. The van der Waals surface area contributed by atoms with E-state index in [1.807, 2.05) is 62.4 Å². The van der Waals surface area contributed by atoms with Crippen molar-refractivity contribution in [3.63, 3.8) is 0 Å². The molecular formula is C25H32N2O3. The minimum Gasteiger partial charge on any atom is -0.484 e. The van der Waals surface area contributed by atoms with Gasteiger partial charge in [0.15, 0.2) is 6.61 Å². The molecule has 1 atom stereocenters. The predicted octanol–water partition coefficient (Wildman–Crippen LogP) is 4.16. The quantitative estimate of drug-likeness (QED) is 0.714. The lowest BCUT2D eigenvalue weighted by molar-refractivity contribution is -0.142. The van der Waals surface area contributed by atoms with Crippen LogP contribution in [0.3, 0.4) is 0 Å². The number of ether oxygens (including phenoxy) is 1. The number of para-hydroxylation sites is 1. The molecule has 1 saturated carbocycles. The van der Waals surface area contributed by atoms with Crippen LogP contribution in [0.15, 0.2) is 48.5 Å². The Kier molecular flexibility index (Phi) is 7.50. The van der Waals surface area contributed by atoms with Crippen molar-refractivity contribution >= 4 is 11.8 Å². The summed E-state index contributed by atoms with van der Waals surface area (Å²) < 4.78 is 5.79. The van der Waals surface area contributed by atoms with Gasteiger partial charge in [0.1, 0.15) is 11.8 Å². The summed E-state index contributed by atoms with van der Waals surface area (Å²) >= 11 is 0. The maximum absolute atomic E-state index is 13.1. The van der Waals surface area contributed by atoms with Crippen molar-refractivity contribution in [2.45, 2.75) is 65.1 Å². The first-order valence-electron chi connectivity index (χ1n) is 10.8. The molecule has 5 heteroatoms. The summed E-state index contributed by atoms with van der Waals surface area (Å²) in [6.45, 7) is 6.04. The SMILES string of the molecule is Cc1ccccc1CN(C(=O)COc1ccccc1C)[C@H](C)C(=O)NC1CCCC1. The average molecular weight is 409 g/mol. The van der Waals surface area contributed by atoms with Crippen molar-refractivity contribution < 1.29 is 14.3 Å². The van der Waals surface area contributed by atoms with E-state index in [0.29, 0.717) is 12.3 Å². The molecule has 30 heavy (non-hydrogen) atoms. The Morgan fingerprint density at radius 2 is 1.67 bits per heavy atom. The van der Waals surface area contributed by atoms with Crippen LogP contribution in [-0.4, -0.2) is 35.4 Å². The molecule has 0 spiro atoms. The van der Waals surface area contributed by atoms with E-state index in [1.165, 1.54) is 0 Å². The van der Waals surface area contributed by atoms with Crippen LogP contribution >= 0.6 is 0 Å². The first kappa shape index (κ1) is 21.9. The van der Waals surface area contributed by atoms with Crippen molar-refractivity contribution in [3.8, 4) is 5.75 Å². The molecule has 160 valence electrons. The van der Waals surface area contributed by atoms with E-state index in [1.54, 1.807) is 11.8 Å². The van der Waals surface area contributed by atoms with Gasteiger partial charge in [-0.15, -0.1) is 0 Å². The van der Waals surface area contributed by atoms with Gasteiger partial charge < -0.3 is 15.0 Å². The number of hydrogen-bond donors (Lipinski definition) is 1. The Labute approximate surface area is 179 Å². The van der Waals surface area contributed by atoms with Crippen LogP contribution in [-0.2, 0) is 16.1 Å². The maximum Gasteiger partial charge on any atom is 0.261 e. The molecule has 5 nitrogen and oxygen atoms in total. The number of nitrogens with zero attached hydrogens (tertiary/aromatic N) is 1. The normalized spacial score (nSPS) is 14.9. The van der Waals surface area contributed by atoms with Crippen LogP contribution in [0, 0.1) is 13.8 Å². The zero-order valence-electron chi connectivity index (χ0n) is 18.2. The summed E-state index contributed by atoms with van der Waals surface area (Å²) in [6.07, 6.45) is 4.33. The van der Waals surface area contributed by atoms with Crippen LogP contribution in [0.25, 0.3) is 0 Å². The first-order valence-corrected chi connectivity index (χ1v) is 10.8. The monoisotopic (exact) mass is 408 g/mol. The van der Waals surface area contributed by atoms with E-state index < -0.39 is 6.04 Å². The Balaban J connectivity index is 1.73. The number of benzene rings is 2. The minimum absolute atomic E-state index is 0.0975. The number of aryl methyl sites for hydroxylation is 2. The van der Waals surface area contributed by atoms with Gasteiger partial charge in [0.05, 0.1) is 0 Å². The molecule has 1 aliphatic rings. The summed E-state index contributed by atoms with van der Waals surface area (Å²) in [7, 11) is 0. The number of rotatable bonds is 8. The van der Waals surface area contributed by atoms with Gasteiger partial charge in [-0.25, -0.2) is 0 Å². The van der Waals surface area contributed by atoms with Crippen LogP contribution in [0.4, 0.5) is 0 Å². The number of carbonyl (C=O) groups excluding carboxylic acids is 2. The number of hydrogen-bond acceptors (Lipinski definition) is 3. The standard InChI is InChI=1S/C25H32N2O3/c1-18-10-4-6-12-21(18)16-27(20(3)25(29)26-22-13-7-8-14-22)24(28)17-30-23-15-9-5-11-19(23)2/h4-6,9-12,15,20,22H,7-8,13-14,16-17H2,1-3H3,(H,26,29)/t20-/m1/s1. The number of nitrogens with one attached hydrogen (secondary N) is 1. The van der Waals surface area contributed by atoms with E-state index in [-0.39, 0.29) is 24.5 Å². The van der Waals surface area contributed by atoms with E-state index in [4.69, 9.17) is 4.74 Å². The highest BCUT2D eigenvalue weighted by Gasteiger charge is 2.29. The van der Waals surface area contributed by atoms with E-state index in [9.17, 15) is 9.59 Å². The molecule has 0 heterocycles. The van der Waals surface area contributed by atoms with Crippen LogP contribution in [0.2, 0.25) is 0 Å². The molecule has 2 amide bonds. The van der Waals surface area contributed by atoms with Crippen molar-refractivity contribution in [2.75, 3.05) is 6.61 Å². The lowest BCUT2D eigenvalue weighted by Gasteiger charge is -2.30. The topological polar surface area (TPSA) is 58.6 Å². The Morgan fingerprint density at radius 1 is 1.03 bits per heavy atom. The van der Waals surface area contributed by atoms with Crippen molar-refractivity contribution in [2.24, 2.45) is 0 Å². The van der Waals surface area contributed by atoms with E-state index >= 15 is 0 Å². The van der Waals surface area contributed by atoms with Gasteiger partial charge in [-0.2, -0.15) is 0 Å². The number of carbonyl (C=O) groups is 2. The highest BCUT2D eigenvalue weighted by Crippen LogP contribution is 2.20. The molecule has 0 saturated heterocycles. The molecule has 0 aliphatic heterocycles. The molecule has 0 bridgehead atoms. The van der Waals surface area contributed by atoms with Crippen molar-refractivity contribution in [1.82, 2.24) is 10.2 Å². The summed E-state index contributed by atoms with van der Waals surface area (Å²) in [6, 6.07) is 15.2. The second-order valence-corrected chi connectivity index (χ2v) is 8.17. The highest BCUT2D eigenvalue weighted by molar-refractivity contribution is 5.88. The zero-order chi connectivity index (χ0) is 21.5. The van der Waals surface area contributed by atoms with Gasteiger partial charge in [-0.1, -0.05) is 55.3 Å². The molecule has 1 aliphatic carbocycles. The third-order valence-corrected chi connectivity index (χ3v) is 5.92. The van der Waals surface area contributed by atoms with Crippen LogP contribution in [0.1, 0.15) is 49.3 Å². The lowest BCUT2D eigenvalue weighted by atomic mass is 10.1. The fourth-order valence-corrected chi connectivity index (χ4v) is 3.89. The van der Waals surface area contributed by atoms with Crippen LogP contribution < -0.4 is 10.1 Å². The molecule has 0 unspecified atom stereocenters. The molecule has 3 rings (SSSR count). The van der Waals surface area contributed by atoms with Gasteiger partial charge in [0.2, 0.25) is 5.91 Å². The summed E-state index contributed by atoms with van der Waals surface area (Å²) in [5.74, 6) is 0.389. The van der Waals surface area contributed by atoms with E-state index in [0.717, 1.165) is 42.4 Å². The molecule has 0 radical (unpaired) electrons. The Hall–Kier alpha value is -2.82. The first-order chi connectivity index (χ1) is 14.5. The summed E-state index contributed by atoms with van der Waals surface area (Å²) in [5, 5.41) is 3.12. The fraction of sp³-hybridized carbons (Fsp3) is 0.440. The second-order valence-electron chi connectivity index (χ2n) is 8.17. The van der Waals surface area contributed by atoms with Gasteiger partial charge in [0.25, 0.3) is 5.91 Å². The smallest absolute Gasteiger partial charge is 0.261 e. The highest BCUT2D eigenvalue weighted by atomic mass is 16.5. The van der Waals surface area contributed by atoms with Gasteiger partial charge in [0, 0.05) is 12.6 Å². The van der Waals surface area contributed by atoms with Gasteiger partial charge in [-0.05, 0) is 56.4 Å². The predicted molar refractivity (Wildman–Crippen MR) is 118 cm³/mol. The largest absolute Gasteiger partial charge is 0.484 e. The lowest BCUT2D eigenvalue weighted by Crippen LogP contribution is -2.50. The van der Waals surface area contributed by atoms with Crippen molar-refractivity contribution in [3.05, 3.63) is 65.2 Å². The summed E-state index contributed by atoms with van der Waals surface area (Å²) in [4.78, 5) is 27.7. The van der Waals surface area contributed by atoms with Crippen LogP contribution in [0.5, 0.6) is 5.75 Å². The second kappa shape index (κ2) is 10.3. The third kappa shape index (κ3) is 5.62. The third-order valence-electron chi connectivity index (χ3n) is 5.92. The zero-order valence-corrected chi connectivity index (χ0v) is 18.2. The molecule has 0 aromatic heterocycles. The Morgan fingerprint density at radius 3 is 2.33 bits per heavy atom. The van der Waals surface area contributed by atoms with Crippen molar-refractivity contribution in [1.29, 1.82) is 0 Å². The number of amides is 2. The summed E-state index contributed by atoms with van der Waals surface area (Å²) in [5.41, 5.74) is 3.10. The molecule has 1 fully saturated rings. The maximum atomic E-state index is 13.1. The van der Waals surface area contributed by atoms with Gasteiger partial charge >= 0.3 is 0 Å². The fourth-order valence-electron chi connectivity index (χ4n) is 3.89. The molecule has 2 aromatic rings. The average Bonchev–Trinajstić information content (AvgIpc) is 3.25. The van der Waals surface area contributed by atoms with E-state index in [2.05, 4.69) is 5.32 Å². The Bertz CT molecular complexity index is 874. The minimum atomic E-state index is -0.571. The van der Waals surface area contributed by atoms with Gasteiger partial charge in [-0.3, -0.25) is 9.59 Å². The molecular weight excluding hydrogens is 376 g/mol.